The normalized spacial score (nSPS) is 12.4. The predicted molar refractivity (Wildman–Crippen MR) is 151 cm³/mol. The molecule has 35 heavy (non-hydrogen) atoms. The summed E-state index contributed by atoms with van der Waals surface area (Å²) < 4.78 is 13.9. The maximum Gasteiger partial charge on any atom is 0.222 e. The molecule has 0 atom stereocenters. The summed E-state index contributed by atoms with van der Waals surface area (Å²) in [6.45, 7) is 6.61. The Hall–Kier alpha value is -3.74. The quantitative estimate of drug-likeness (QED) is 0.205. The van der Waals surface area contributed by atoms with E-state index in [-0.39, 0.29) is 5.16 Å². The second kappa shape index (κ2) is 7.38. The number of hydrogen-bond donors (Lipinski definition) is 0. The summed E-state index contributed by atoms with van der Waals surface area (Å²) in [5.74, 6) is 0. The van der Waals surface area contributed by atoms with E-state index in [9.17, 15) is 0 Å². The lowest BCUT2D eigenvalue weighted by Crippen LogP contribution is -1.99. The Labute approximate surface area is 204 Å². The van der Waals surface area contributed by atoms with Gasteiger partial charge in [0.05, 0.1) is 5.16 Å². The lowest BCUT2D eigenvalue weighted by Gasteiger charge is -2.14. The smallest absolute Gasteiger partial charge is 0.222 e. The van der Waals surface area contributed by atoms with E-state index in [0.29, 0.717) is 0 Å². The molecule has 0 amide bonds. The van der Waals surface area contributed by atoms with Gasteiger partial charge >= 0.3 is 0 Å². The van der Waals surface area contributed by atoms with Crippen LogP contribution in [0.4, 0.5) is 0 Å². The van der Waals surface area contributed by atoms with Crippen LogP contribution < -0.4 is 0 Å². The number of benzene rings is 6. The van der Waals surface area contributed by atoms with Crippen molar-refractivity contribution in [3.8, 4) is 0 Å². The fourth-order valence-electron chi connectivity index (χ4n) is 5.36. The summed E-state index contributed by atoms with van der Waals surface area (Å²) in [7, 11) is -1.27. The largest absolute Gasteiger partial charge is 0.418 e. The molecule has 7 aromatic rings. The van der Waals surface area contributed by atoms with Gasteiger partial charge in [-0.15, -0.1) is 0 Å². The average Bonchev–Trinajstić information content (AvgIpc) is 3.07. The number of fused-ring (bicyclic) bond motifs is 13. The van der Waals surface area contributed by atoms with Crippen LogP contribution in [0.5, 0.6) is 0 Å². The van der Waals surface area contributed by atoms with Gasteiger partial charge in [0, 0.05) is 21.5 Å². The van der Waals surface area contributed by atoms with E-state index in [4.69, 9.17) is 8.39 Å². The van der Waals surface area contributed by atoms with Gasteiger partial charge in [-0.25, -0.2) is 0 Å². The topological polar surface area (TPSA) is 26.3 Å². The molecule has 0 spiro atoms. The van der Waals surface area contributed by atoms with Crippen molar-refractivity contribution in [2.45, 2.75) is 25.9 Å². The van der Waals surface area contributed by atoms with Crippen molar-refractivity contribution in [1.29, 1.82) is 0 Å². The zero-order chi connectivity index (χ0) is 23.7. The average molecular weight is 473 g/mol. The fraction of sp³-hybridized carbons (Fsp3) is 0.125. The Kier molecular flexibility index (Phi) is 4.35. The molecule has 2 nitrogen and oxygen atoms in total. The van der Waals surface area contributed by atoms with Crippen molar-refractivity contribution in [2.75, 3.05) is 0 Å². The Morgan fingerprint density at radius 1 is 0.429 bits per heavy atom. The molecular formula is C32H25O2P. The Balaban J connectivity index is 1.97. The van der Waals surface area contributed by atoms with Gasteiger partial charge in [-0.2, -0.15) is 0 Å². The molecule has 6 aromatic carbocycles. The van der Waals surface area contributed by atoms with Crippen LogP contribution >= 0.6 is 8.01 Å². The summed E-state index contributed by atoms with van der Waals surface area (Å²) in [5.41, 5.74) is 1.86. The molecule has 0 aliphatic rings. The van der Waals surface area contributed by atoms with Gasteiger partial charge in [-0.05, 0) is 53.1 Å². The highest BCUT2D eigenvalue weighted by Crippen LogP contribution is 2.51. The molecule has 0 bridgehead atoms. The molecule has 0 radical (unpaired) electrons. The van der Waals surface area contributed by atoms with Crippen molar-refractivity contribution in [3.05, 3.63) is 97.1 Å². The molecule has 7 rings (SSSR count). The molecular weight excluding hydrogens is 447 g/mol. The number of hydrogen-bond acceptors (Lipinski definition) is 2. The van der Waals surface area contributed by atoms with Crippen molar-refractivity contribution in [1.82, 2.24) is 0 Å². The predicted octanol–water partition coefficient (Wildman–Crippen LogP) is 10.7. The number of rotatable bonds is 0. The molecule has 0 aliphatic heterocycles. The van der Waals surface area contributed by atoms with E-state index in [1.54, 1.807) is 0 Å². The highest BCUT2D eigenvalue weighted by molar-refractivity contribution is 7.38. The lowest BCUT2D eigenvalue weighted by atomic mass is 9.92. The van der Waals surface area contributed by atoms with Crippen molar-refractivity contribution in [3.63, 3.8) is 0 Å². The zero-order valence-corrected chi connectivity index (χ0v) is 20.9. The molecule has 170 valence electrons. The van der Waals surface area contributed by atoms with Crippen molar-refractivity contribution in [2.24, 2.45) is 0 Å². The van der Waals surface area contributed by atoms with Crippen LogP contribution in [0, 0.1) is 0 Å². The highest BCUT2D eigenvalue weighted by Gasteiger charge is 2.24. The fourth-order valence-corrected chi connectivity index (χ4v) is 6.66. The highest BCUT2D eigenvalue weighted by atomic mass is 31.1. The summed E-state index contributed by atoms with van der Waals surface area (Å²) >= 11 is 0. The minimum absolute atomic E-state index is 0.173. The van der Waals surface area contributed by atoms with Crippen LogP contribution in [-0.4, -0.2) is 0 Å². The first-order chi connectivity index (χ1) is 17.0. The third kappa shape index (κ3) is 2.97. The Bertz CT molecular complexity index is 1850. The standard InChI is InChI=1S/C32H25O2P/c1-32(2,3)35-33-30-26-18-10-6-14-22(26)20-12-4-8-16-24(20)28(30)29-25-17-9-5-13-21(25)23-15-7-11-19-27(23)31(29)34-35/h4-19H,1-3H3. The van der Waals surface area contributed by atoms with E-state index >= 15 is 0 Å². The second-order valence-corrected chi connectivity index (χ2v) is 12.4. The first-order valence-corrected chi connectivity index (χ1v) is 13.2. The molecule has 3 heteroatoms. The van der Waals surface area contributed by atoms with Crippen LogP contribution in [0.2, 0.25) is 0 Å². The van der Waals surface area contributed by atoms with Gasteiger partial charge in [0.2, 0.25) is 8.01 Å². The summed E-state index contributed by atoms with van der Waals surface area (Å²) in [4.78, 5) is 0. The Morgan fingerprint density at radius 2 is 0.714 bits per heavy atom. The van der Waals surface area contributed by atoms with Crippen LogP contribution in [-0.2, 0) is 5.16 Å². The SMILES string of the molecule is CC(C)(C)p1oc2c3ccccc3c3ccccc3c2c2c3ccccc3c3ccccc3c2o1. The molecule has 1 heterocycles. The van der Waals surface area contributed by atoms with E-state index in [0.717, 1.165) is 32.7 Å². The first-order valence-electron chi connectivity index (χ1n) is 12.1. The van der Waals surface area contributed by atoms with Crippen LogP contribution in [0.3, 0.4) is 0 Å². The third-order valence-corrected chi connectivity index (χ3v) is 8.71. The van der Waals surface area contributed by atoms with Gasteiger partial charge in [0.25, 0.3) is 0 Å². The lowest BCUT2D eigenvalue weighted by molar-refractivity contribution is 0.567. The molecule has 0 unspecified atom stereocenters. The maximum absolute atomic E-state index is 6.97. The van der Waals surface area contributed by atoms with Gasteiger partial charge in [0.15, 0.2) is 11.2 Å². The molecule has 0 aliphatic carbocycles. The van der Waals surface area contributed by atoms with Crippen LogP contribution in [0.25, 0.3) is 65.0 Å². The minimum atomic E-state index is -1.27. The molecule has 0 N–H and O–H groups in total. The van der Waals surface area contributed by atoms with Gasteiger partial charge in [-0.3, -0.25) is 0 Å². The van der Waals surface area contributed by atoms with Crippen molar-refractivity contribution < 1.29 is 8.39 Å². The summed E-state index contributed by atoms with van der Waals surface area (Å²) in [5, 5.41) is 11.6. The van der Waals surface area contributed by atoms with Gasteiger partial charge < -0.3 is 8.39 Å². The van der Waals surface area contributed by atoms with Gasteiger partial charge in [-0.1, -0.05) is 97.1 Å². The third-order valence-electron chi connectivity index (χ3n) is 6.92. The maximum atomic E-state index is 6.97. The minimum Gasteiger partial charge on any atom is -0.418 e. The van der Waals surface area contributed by atoms with E-state index in [2.05, 4.69) is 118 Å². The molecule has 0 saturated heterocycles. The van der Waals surface area contributed by atoms with Gasteiger partial charge in [0.1, 0.15) is 0 Å². The molecule has 0 fully saturated rings. The first kappa shape index (κ1) is 20.6. The van der Waals surface area contributed by atoms with Crippen LogP contribution in [0.1, 0.15) is 20.8 Å². The van der Waals surface area contributed by atoms with E-state index in [1.165, 1.54) is 32.3 Å². The second-order valence-electron chi connectivity index (χ2n) is 10.2. The van der Waals surface area contributed by atoms with E-state index in [1.807, 2.05) is 0 Å². The Morgan fingerprint density at radius 3 is 1.06 bits per heavy atom. The van der Waals surface area contributed by atoms with E-state index < -0.39 is 8.01 Å². The summed E-state index contributed by atoms with van der Waals surface area (Å²) in [6, 6.07) is 34.6. The molecule has 1 aromatic heterocycles. The monoisotopic (exact) mass is 472 g/mol. The zero-order valence-electron chi connectivity index (χ0n) is 20.0. The summed E-state index contributed by atoms with van der Waals surface area (Å²) in [6.07, 6.45) is 0. The molecule has 0 saturated carbocycles. The van der Waals surface area contributed by atoms with Crippen molar-refractivity contribution >= 4 is 73.0 Å². The van der Waals surface area contributed by atoms with Crippen LogP contribution in [0.15, 0.2) is 105 Å².